The van der Waals surface area contributed by atoms with Crippen molar-refractivity contribution in [3.63, 3.8) is 0 Å². The van der Waals surface area contributed by atoms with Gasteiger partial charge in [-0.3, -0.25) is 4.98 Å². The lowest BCUT2D eigenvalue weighted by Gasteiger charge is -2.21. The molecule has 1 aromatic heterocycles. The summed E-state index contributed by atoms with van der Waals surface area (Å²) in [5, 5.41) is 3.47. The van der Waals surface area contributed by atoms with E-state index in [0.717, 1.165) is 38.5 Å². The molecule has 0 aliphatic carbocycles. The molecule has 1 saturated heterocycles. The van der Waals surface area contributed by atoms with E-state index in [0.29, 0.717) is 0 Å². The molecule has 1 aromatic rings. The summed E-state index contributed by atoms with van der Waals surface area (Å²) in [4.78, 5) is 6.90. The Morgan fingerprint density at radius 2 is 2.44 bits per heavy atom. The zero-order chi connectivity index (χ0) is 11.2. The first-order chi connectivity index (χ1) is 7.84. The van der Waals surface area contributed by atoms with Crippen LogP contribution in [0.4, 0.5) is 0 Å². The fraction of sp³-hybridized carbons (Fsp3) is 0.615. The maximum absolute atomic E-state index is 4.36. The lowest BCUT2D eigenvalue weighted by molar-refractivity contribution is 0.267. The predicted molar refractivity (Wildman–Crippen MR) is 66.4 cm³/mol. The summed E-state index contributed by atoms with van der Waals surface area (Å²) in [7, 11) is 0. The number of rotatable bonds is 3. The minimum Gasteiger partial charge on any atom is -0.315 e. The molecule has 2 heterocycles. The van der Waals surface area contributed by atoms with Crippen LogP contribution >= 0.6 is 0 Å². The summed E-state index contributed by atoms with van der Waals surface area (Å²) >= 11 is 0. The normalized spacial score (nSPS) is 22.9. The SMILES string of the molecule is CC1CNCCN(CCc2ccccn2)C1. The Balaban J connectivity index is 1.80. The third kappa shape index (κ3) is 3.58. The highest BCUT2D eigenvalue weighted by Gasteiger charge is 2.13. The van der Waals surface area contributed by atoms with Crippen LogP contribution < -0.4 is 5.32 Å². The third-order valence-electron chi connectivity index (χ3n) is 3.08. The van der Waals surface area contributed by atoms with Crippen LogP contribution in [-0.4, -0.2) is 42.6 Å². The van der Waals surface area contributed by atoms with E-state index in [1.165, 1.54) is 12.2 Å². The maximum Gasteiger partial charge on any atom is 0.0416 e. The summed E-state index contributed by atoms with van der Waals surface area (Å²) < 4.78 is 0. The van der Waals surface area contributed by atoms with Crippen molar-refractivity contribution in [2.24, 2.45) is 5.92 Å². The first-order valence-electron chi connectivity index (χ1n) is 6.17. The Hall–Kier alpha value is -0.930. The zero-order valence-electron chi connectivity index (χ0n) is 10.0. The van der Waals surface area contributed by atoms with Crippen molar-refractivity contribution < 1.29 is 0 Å². The van der Waals surface area contributed by atoms with Gasteiger partial charge in [-0.25, -0.2) is 0 Å². The van der Waals surface area contributed by atoms with E-state index in [2.05, 4.69) is 34.3 Å². The smallest absolute Gasteiger partial charge is 0.0416 e. The first kappa shape index (κ1) is 11.6. The summed E-state index contributed by atoms with van der Waals surface area (Å²) in [5.74, 6) is 0.756. The van der Waals surface area contributed by atoms with Crippen molar-refractivity contribution in [1.82, 2.24) is 15.2 Å². The van der Waals surface area contributed by atoms with E-state index in [-0.39, 0.29) is 0 Å². The summed E-state index contributed by atoms with van der Waals surface area (Å²) in [6.45, 7) is 8.08. The molecule has 0 radical (unpaired) electrons. The molecule has 1 atom stereocenters. The van der Waals surface area contributed by atoms with Crippen LogP contribution in [0.3, 0.4) is 0 Å². The van der Waals surface area contributed by atoms with Gasteiger partial charge in [-0.1, -0.05) is 13.0 Å². The molecular formula is C13H21N3. The number of nitrogens with one attached hydrogen (secondary N) is 1. The molecule has 0 spiro atoms. The Morgan fingerprint density at radius 1 is 1.50 bits per heavy atom. The average molecular weight is 219 g/mol. The molecule has 0 bridgehead atoms. The molecule has 1 unspecified atom stereocenters. The van der Waals surface area contributed by atoms with Crippen molar-refractivity contribution in [3.8, 4) is 0 Å². The van der Waals surface area contributed by atoms with Gasteiger partial charge in [0.2, 0.25) is 0 Å². The largest absolute Gasteiger partial charge is 0.315 e. The molecule has 2 rings (SSSR count). The highest BCUT2D eigenvalue weighted by molar-refractivity contribution is 5.03. The van der Waals surface area contributed by atoms with Gasteiger partial charge in [0.1, 0.15) is 0 Å². The van der Waals surface area contributed by atoms with Crippen molar-refractivity contribution >= 4 is 0 Å². The average Bonchev–Trinajstić information content (AvgIpc) is 2.52. The molecule has 3 heteroatoms. The lowest BCUT2D eigenvalue weighted by Crippen LogP contribution is -2.31. The summed E-state index contributed by atoms with van der Waals surface area (Å²) in [6.07, 6.45) is 2.94. The fourth-order valence-corrected chi connectivity index (χ4v) is 2.20. The maximum atomic E-state index is 4.36. The van der Waals surface area contributed by atoms with E-state index in [4.69, 9.17) is 0 Å². The number of aromatic nitrogens is 1. The second-order valence-corrected chi connectivity index (χ2v) is 4.68. The predicted octanol–water partition coefficient (Wildman–Crippen LogP) is 1.17. The summed E-state index contributed by atoms with van der Waals surface area (Å²) in [6, 6.07) is 6.15. The van der Waals surface area contributed by atoms with Gasteiger partial charge in [0.15, 0.2) is 0 Å². The van der Waals surface area contributed by atoms with Crippen molar-refractivity contribution in [2.45, 2.75) is 13.3 Å². The van der Waals surface area contributed by atoms with Gasteiger partial charge >= 0.3 is 0 Å². The fourth-order valence-electron chi connectivity index (χ4n) is 2.20. The number of hydrogen-bond acceptors (Lipinski definition) is 3. The molecule has 1 fully saturated rings. The highest BCUT2D eigenvalue weighted by atomic mass is 15.2. The van der Waals surface area contributed by atoms with E-state index in [9.17, 15) is 0 Å². The van der Waals surface area contributed by atoms with Crippen LogP contribution in [0.1, 0.15) is 12.6 Å². The minimum atomic E-state index is 0.756. The summed E-state index contributed by atoms with van der Waals surface area (Å²) in [5.41, 5.74) is 1.20. The number of hydrogen-bond donors (Lipinski definition) is 1. The second kappa shape index (κ2) is 5.97. The van der Waals surface area contributed by atoms with E-state index >= 15 is 0 Å². The van der Waals surface area contributed by atoms with E-state index < -0.39 is 0 Å². The Labute approximate surface area is 97.9 Å². The second-order valence-electron chi connectivity index (χ2n) is 4.68. The van der Waals surface area contributed by atoms with E-state index in [1.807, 2.05) is 12.3 Å². The van der Waals surface area contributed by atoms with Crippen molar-refractivity contribution in [3.05, 3.63) is 30.1 Å². The highest BCUT2D eigenvalue weighted by Crippen LogP contribution is 2.04. The minimum absolute atomic E-state index is 0.756. The van der Waals surface area contributed by atoms with Crippen LogP contribution in [0.2, 0.25) is 0 Å². The quantitative estimate of drug-likeness (QED) is 0.827. The number of pyridine rings is 1. The molecule has 1 aliphatic heterocycles. The first-order valence-corrected chi connectivity index (χ1v) is 6.17. The van der Waals surface area contributed by atoms with Gasteiger partial charge in [-0.15, -0.1) is 0 Å². The van der Waals surface area contributed by atoms with Crippen LogP contribution in [0.25, 0.3) is 0 Å². The molecular weight excluding hydrogens is 198 g/mol. The van der Waals surface area contributed by atoms with Crippen LogP contribution in [-0.2, 0) is 6.42 Å². The van der Waals surface area contributed by atoms with Gasteiger partial charge in [-0.05, 0) is 24.6 Å². The third-order valence-corrected chi connectivity index (χ3v) is 3.08. The monoisotopic (exact) mass is 219 g/mol. The van der Waals surface area contributed by atoms with Gasteiger partial charge < -0.3 is 10.2 Å². The van der Waals surface area contributed by atoms with Crippen LogP contribution in [0, 0.1) is 5.92 Å². The zero-order valence-corrected chi connectivity index (χ0v) is 10.0. The molecule has 88 valence electrons. The molecule has 3 nitrogen and oxygen atoms in total. The van der Waals surface area contributed by atoms with E-state index in [1.54, 1.807) is 0 Å². The lowest BCUT2D eigenvalue weighted by atomic mass is 10.1. The number of nitrogens with zero attached hydrogens (tertiary/aromatic N) is 2. The Kier molecular flexibility index (Phi) is 4.31. The molecule has 0 saturated carbocycles. The topological polar surface area (TPSA) is 28.2 Å². The Morgan fingerprint density at radius 3 is 3.25 bits per heavy atom. The van der Waals surface area contributed by atoms with Crippen molar-refractivity contribution in [1.29, 1.82) is 0 Å². The van der Waals surface area contributed by atoms with Gasteiger partial charge in [-0.2, -0.15) is 0 Å². The van der Waals surface area contributed by atoms with Gasteiger partial charge in [0, 0.05) is 44.5 Å². The van der Waals surface area contributed by atoms with Gasteiger partial charge in [0.05, 0.1) is 0 Å². The molecule has 0 amide bonds. The van der Waals surface area contributed by atoms with Crippen LogP contribution in [0.15, 0.2) is 24.4 Å². The molecule has 1 aliphatic rings. The van der Waals surface area contributed by atoms with Gasteiger partial charge in [0.25, 0.3) is 0 Å². The standard InChI is InChI=1S/C13H21N3/c1-12-10-14-7-9-16(11-12)8-5-13-4-2-3-6-15-13/h2-4,6,12,14H,5,7-11H2,1H3. The molecule has 1 N–H and O–H groups in total. The molecule has 16 heavy (non-hydrogen) atoms. The Bertz CT molecular complexity index is 299. The van der Waals surface area contributed by atoms with Crippen LogP contribution in [0.5, 0.6) is 0 Å². The molecule has 0 aromatic carbocycles. The van der Waals surface area contributed by atoms with Crippen molar-refractivity contribution in [2.75, 3.05) is 32.7 Å².